The van der Waals surface area contributed by atoms with Crippen molar-refractivity contribution in [2.45, 2.75) is 46.6 Å². The maximum Gasteiger partial charge on any atom is 0.435 e. The Balaban J connectivity index is 2.46. The van der Waals surface area contributed by atoms with E-state index in [1.807, 2.05) is 62.9 Å². The fraction of sp³-hybridized carbons (Fsp3) is 0.381. The summed E-state index contributed by atoms with van der Waals surface area (Å²) in [7, 11) is 0. The smallest absolute Gasteiger partial charge is 0.435 e. The number of ether oxygens (including phenoxy) is 1. The molecule has 1 N–H and O–H groups in total. The molecular weight excluding hydrogens is 356 g/mol. The maximum atomic E-state index is 12.4. The molecule has 2 aromatic rings. The number of nitrogens with zero attached hydrogens (tertiary/aromatic N) is 4. The lowest BCUT2D eigenvalue weighted by molar-refractivity contribution is 0.0522. The number of aliphatic hydroxyl groups excluding tert-OH is 1. The fourth-order valence-electron chi connectivity index (χ4n) is 2.71. The number of hydrogen-bond donors (Lipinski definition) is 1. The largest absolute Gasteiger partial charge is 0.494 e. The van der Waals surface area contributed by atoms with Gasteiger partial charge in [-0.05, 0) is 65.0 Å². The number of amidine groups is 1. The molecule has 1 aromatic heterocycles. The number of carbonyl (C=O) groups is 1. The van der Waals surface area contributed by atoms with E-state index in [1.54, 1.807) is 6.20 Å². The number of benzene rings is 1. The molecule has 0 amide bonds. The molecule has 2 rings (SSSR count). The summed E-state index contributed by atoms with van der Waals surface area (Å²) < 4.78 is 6.66. The second kappa shape index (κ2) is 8.73. The van der Waals surface area contributed by atoms with E-state index >= 15 is 0 Å². The van der Waals surface area contributed by atoms with Crippen LogP contribution in [0.15, 0.2) is 54.0 Å². The average Bonchev–Trinajstić information content (AvgIpc) is 3.00. The van der Waals surface area contributed by atoms with Crippen molar-refractivity contribution in [1.29, 1.82) is 0 Å². The molecule has 0 radical (unpaired) electrons. The van der Waals surface area contributed by atoms with Gasteiger partial charge in [0.15, 0.2) is 0 Å². The predicted octanol–water partition coefficient (Wildman–Crippen LogP) is 5.04. The summed E-state index contributed by atoms with van der Waals surface area (Å²) in [5, 5.41) is 14.5. The van der Waals surface area contributed by atoms with E-state index in [1.165, 1.54) is 4.68 Å². The maximum absolute atomic E-state index is 12.4. The molecule has 0 bridgehead atoms. The molecule has 0 fully saturated rings. The van der Waals surface area contributed by atoms with Crippen LogP contribution in [-0.2, 0) is 4.74 Å². The number of aromatic nitrogens is 2. The first-order chi connectivity index (χ1) is 13.2. The summed E-state index contributed by atoms with van der Waals surface area (Å²) in [6.07, 6.45) is 5.65. The summed E-state index contributed by atoms with van der Waals surface area (Å²) in [5.41, 5.74) is 0.930. The molecule has 0 aliphatic heterocycles. The number of carbonyl (C=O) groups excluding carboxylic acids is 1. The topological polar surface area (TPSA) is 80.0 Å². The standard InChI is InChI=1S/C21H28N4O3/c1-7-9-19(23-15(3)26)24(12-8-2)17-10-11-18-16(13-17)14-22-25(18)20(27)28-21(4,5)6/h7,9-11,13-14,26H,3,8,12H2,1-2,4-6H3/b9-7-,23-19+. The second-order valence-corrected chi connectivity index (χ2v) is 7.32. The third-order valence-corrected chi connectivity index (χ3v) is 3.71. The van der Waals surface area contributed by atoms with Gasteiger partial charge in [0, 0.05) is 17.6 Å². The van der Waals surface area contributed by atoms with Gasteiger partial charge in [-0.15, -0.1) is 0 Å². The van der Waals surface area contributed by atoms with E-state index in [2.05, 4.69) is 23.6 Å². The molecule has 0 saturated carbocycles. The molecule has 1 heterocycles. The molecular formula is C21H28N4O3. The van der Waals surface area contributed by atoms with Gasteiger partial charge in [-0.3, -0.25) is 0 Å². The summed E-state index contributed by atoms with van der Waals surface area (Å²) in [6, 6.07) is 5.64. The van der Waals surface area contributed by atoms with Crippen molar-refractivity contribution in [3.05, 3.63) is 49.0 Å². The molecule has 0 saturated heterocycles. The first kappa shape index (κ1) is 21.2. The van der Waals surface area contributed by atoms with Gasteiger partial charge in [-0.1, -0.05) is 13.0 Å². The normalized spacial score (nSPS) is 12.5. The van der Waals surface area contributed by atoms with Gasteiger partial charge in [-0.25, -0.2) is 4.79 Å². The lowest BCUT2D eigenvalue weighted by Crippen LogP contribution is -2.30. The quantitative estimate of drug-likeness (QED) is 0.444. The van der Waals surface area contributed by atoms with Crippen LogP contribution < -0.4 is 4.90 Å². The van der Waals surface area contributed by atoms with Crippen molar-refractivity contribution in [3.8, 4) is 0 Å². The Hall–Kier alpha value is -3.09. The number of aliphatic hydroxyl groups is 1. The Morgan fingerprint density at radius 2 is 2.14 bits per heavy atom. The molecule has 0 spiro atoms. The zero-order chi connectivity index (χ0) is 20.9. The third kappa shape index (κ3) is 5.22. The number of fused-ring (bicyclic) bond motifs is 1. The van der Waals surface area contributed by atoms with Gasteiger partial charge < -0.3 is 14.7 Å². The molecule has 0 aliphatic carbocycles. The van der Waals surface area contributed by atoms with Gasteiger partial charge in [0.2, 0.25) is 5.88 Å². The minimum atomic E-state index is -0.599. The third-order valence-electron chi connectivity index (χ3n) is 3.71. The van der Waals surface area contributed by atoms with Crippen molar-refractivity contribution in [2.75, 3.05) is 11.4 Å². The number of allylic oxidation sites excluding steroid dienone is 1. The molecule has 0 atom stereocenters. The van der Waals surface area contributed by atoms with Gasteiger partial charge in [0.05, 0.1) is 11.7 Å². The molecule has 0 aliphatic rings. The number of aliphatic imine (C=N–C) groups is 1. The summed E-state index contributed by atoms with van der Waals surface area (Å²) in [5.74, 6) is 0.323. The first-order valence-electron chi connectivity index (χ1n) is 9.24. The zero-order valence-corrected chi connectivity index (χ0v) is 17.1. The highest BCUT2D eigenvalue weighted by molar-refractivity contribution is 6.07. The Morgan fingerprint density at radius 3 is 2.71 bits per heavy atom. The van der Waals surface area contributed by atoms with Gasteiger partial charge in [0.1, 0.15) is 11.4 Å². The Kier molecular flexibility index (Phi) is 6.62. The minimum absolute atomic E-state index is 0.256. The lowest BCUT2D eigenvalue weighted by Gasteiger charge is -2.24. The van der Waals surface area contributed by atoms with Gasteiger partial charge >= 0.3 is 6.09 Å². The van der Waals surface area contributed by atoms with Gasteiger partial charge in [-0.2, -0.15) is 14.8 Å². The molecule has 28 heavy (non-hydrogen) atoms. The molecule has 1 aromatic carbocycles. The predicted molar refractivity (Wildman–Crippen MR) is 113 cm³/mol. The Bertz CT molecular complexity index is 919. The van der Waals surface area contributed by atoms with Crippen LogP contribution >= 0.6 is 0 Å². The highest BCUT2D eigenvalue weighted by atomic mass is 16.6. The van der Waals surface area contributed by atoms with Crippen LogP contribution in [-0.4, -0.2) is 39.0 Å². The zero-order valence-electron chi connectivity index (χ0n) is 17.1. The van der Waals surface area contributed by atoms with E-state index in [4.69, 9.17) is 4.74 Å². The van der Waals surface area contributed by atoms with Crippen LogP contribution in [0, 0.1) is 0 Å². The van der Waals surface area contributed by atoms with Crippen LogP contribution in [0.3, 0.4) is 0 Å². The highest BCUT2D eigenvalue weighted by Crippen LogP contribution is 2.24. The van der Waals surface area contributed by atoms with Crippen molar-refractivity contribution >= 4 is 28.5 Å². The second-order valence-electron chi connectivity index (χ2n) is 7.32. The number of hydrogen-bond acceptors (Lipinski definition) is 5. The Morgan fingerprint density at radius 1 is 1.43 bits per heavy atom. The monoisotopic (exact) mass is 384 g/mol. The first-order valence-corrected chi connectivity index (χ1v) is 9.24. The van der Waals surface area contributed by atoms with Crippen LogP contribution in [0.5, 0.6) is 0 Å². The molecule has 7 nitrogen and oxygen atoms in total. The van der Waals surface area contributed by atoms with Crippen molar-refractivity contribution in [2.24, 2.45) is 4.99 Å². The van der Waals surface area contributed by atoms with E-state index in [-0.39, 0.29) is 5.88 Å². The summed E-state index contributed by atoms with van der Waals surface area (Å²) >= 11 is 0. The average molecular weight is 384 g/mol. The van der Waals surface area contributed by atoms with Crippen molar-refractivity contribution < 1.29 is 14.6 Å². The van der Waals surface area contributed by atoms with Crippen molar-refractivity contribution in [1.82, 2.24) is 9.78 Å². The van der Waals surface area contributed by atoms with Crippen LogP contribution in [0.4, 0.5) is 10.5 Å². The fourth-order valence-corrected chi connectivity index (χ4v) is 2.71. The minimum Gasteiger partial charge on any atom is -0.494 e. The van der Waals surface area contributed by atoms with Crippen molar-refractivity contribution in [3.63, 3.8) is 0 Å². The van der Waals surface area contributed by atoms with E-state index in [0.717, 1.165) is 17.5 Å². The van der Waals surface area contributed by atoms with E-state index in [9.17, 15) is 9.90 Å². The number of anilines is 1. The van der Waals surface area contributed by atoms with Gasteiger partial charge in [0.25, 0.3) is 0 Å². The highest BCUT2D eigenvalue weighted by Gasteiger charge is 2.20. The molecule has 7 heteroatoms. The number of rotatable bonds is 5. The van der Waals surface area contributed by atoms with Crippen LogP contribution in [0.25, 0.3) is 10.9 Å². The lowest BCUT2D eigenvalue weighted by atomic mass is 10.2. The molecule has 0 unspecified atom stereocenters. The van der Waals surface area contributed by atoms with E-state index in [0.29, 0.717) is 17.9 Å². The summed E-state index contributed by atoms with van der Waals surface area (Å²) in [4.78, 5) is 18.5. The van der Waals surface area contributed by atoms with Crippen LogP contribution in [0.1, 0.15) is 41.0 Å². The van der Waals surface area contributed by atoms with Crippen LogP contribution in [0.2, 0.25) is 0 Å². The summed E-state index contributed by atoms with van der Waals surface area (Å²) in [6.45, 7) is 13.5. The SMILES string of the molecule is C=C(O)/N=C(\C=C/C)N(CCC)c1ccc2c(cnn2C(=O)OC(C)(C)C)c1. The van der Waals surface area contributed by atoms with E-state index < -0.39 is 11.7 Å². The molecule has 150 valence electrons. The Labute approximate surface area is 165 Å².